The van der Waals surface area contributed by atoms with Crippen molar-refractivity contribution in [2.24, 2.45) is 0 Å². The summed E-state index contributed by atoms with van der Waals surface area (Å²) in [6, 6.07) is 19.1. The molecule has 4 aromatic rings. The smallest absolute Gasteiger partial charge is 0.156 e. The number of hydrogen-bond acceptors (Lipinski definition) is 3. The van der Waals surface area contributed by atoms with E-state index < -0.39 is 0 Å². The number of benzene rings is 3. The van der Waals surface area contributed by atoms with Crippen LogP contribution in [0.4, 0.5) is 4.39 Å². The number of aryl methyl sites for hydroxylation is 1. The number of ether oxygens (including phenoxy) is 1. The molecule has 1 heterocycles. The lowest BCUT2D eigenvalue weighted by Crippen LogP contribution is -2.17. The van der Waals surface area contributed by atoms with Crippen LogP contribution in [-0.2, 0) is 13.0 Å². The van der Waals surface area contributed by atoms with Crippen LogP contribution in [-0.4, -0.2) is 29.9 Å². The third-order valence-electron chi connectivity index (χ3n) is 6.05. The van der Waals surface area contributed by atoms with Gasteiger partial charge in [-0.15, -0.1) is 0 Å². The minimum Gasteiger partial charge on any atom is -0.508 e. The van der Waals surface area contributed by atoms with Gasteiger partial charge in [0.2, 0.25) is 0 Å². The van der Waals surface area contributed by atoms with Crippen molar-refractivity contribution >= 4 is 10.9 Å². The summed E-state index contributed by atoms with van der Waals surface area (Å²) < 4.78 is 23.0. The van der Waals surface area contributed by atoms with Gasteiger partial charge in [0.25, 0.3) is 0 Å². The highest BCUT2D eigenvalue weighted by atomic mass is 19.1. The van der Waals surface area contributed by atoms with Crippen molar-refractivity contribution in [2.45, 2.75) is 33.2 Å². The van der Waals surface area contributed by atoms with Crippen LogP contribution in [0.25, 0.3) is 22.2 Å². The maximum atomic E-state index is 15.7. The molecule has 0 unspecified atom stereocenters. The van der Waals surface area contributed by atoms with Gasteiger partial charge in [0.1, 0.15) is 11.5 Å². The number of fused-ring (bicyclic) bond motifs is 1. The van der Waals surface area contributed by atoms with E-state index in [1.165, 1.54) is 11.6 Å². The van der Waals surface area contributed by atoms with Crippen molar-refractivity contribution in [1.29, 1.82) is 0 Å². The standard InChI is InChI=1S/C28H31FN2O2/c1-4-14-30-15-13-20-5-7-21(8-6-20)18-31-26-12-9-22(32)17-25(26)27(29)28(31)24-11-10-23(33-3)16-19(24)2/h5-12,16-17,30,32H,4,13-15,18H2,1-3H3. The number of rotatable bonds is 9. The molecular weight excluding hydrogens is 415 g/mol. The maximum absolute atomic E-state index is 15.7. The number of halogens is 1. The second-order valence-corrected chi connectivity index (χ2v) is 8.45. The van der Waals surface area contributed by atoms with Crippen molar-refractivity contribution in [3.05, 3.63) is 83.2 Å². The average molecular weight is 447 g/mol. The van der Waals surface area contributed by atoms with Crippen molar-refractivity contribution in [3.63, 3.8) is 0 Å². The van der Waals surface area contributed by atoms with Gasteiger partial charge in [0.15, 0.2) is 5.82 Å². The molecule has 4 nitrogen and oxygen atoms in total. The number of phenols is 1. The highest BCUT2D eigenvalue weighted by Gasteiger charge is 2.21. The summed E-state index contributed by atoms with van der Waals surface area (Å²) in [5.41, 5.74) is 5.38. The summed E-state index contributed by atoms with van der Waals surface area (Å²) in [4.78, 5) is 0. The molecule has 0 atom stereocenters. The Kier molecular flexibility index (Phi) is 6.99. The van der Waals surface area contributed by atoms with Crippen LogP contribution in [0.3, 0.4) is 0 Å². The Morgan fingerprint density at radius 1 is 0.970 bits per heavy atom. The Bertz CT molecular complexity index is 1250. The molecule has 0 amide bonds. The van der Waals surface area contributed by atoms with Gasteiger partial charge in [-0.2, -0.15) is 0 Å². The first-order valence-electron chi connectivity index (χ1n) is 11.5. The first-order valence-corrected chi connectivity index (χ1v) is 11.5. The first kappa shape index (κ1) is 22.9. The molecule has 3 aromatic carbocycles. The van der Waals surface area contributed by atoms with Crippen LogP contribution in [0, 0.1) is 12.7 Å². The third kappa shape index (κ3) is 4.88. The van der Waals surface area contributed by atoms with E-state index in [0.717, 1.165) is 53.9 Å². The largest absolute Gasteiger partial charge is 0.508 e. The molecule has 0 saturated heterocycles. The van der Waals surface area contributed by atoms with Crippen LogP contribution in [0.1, 0.15) is 30.0 Å². The Hall–Kier alpha value is -3.31. The van der Waals surface area contributed by atoms with Crippen molar-refractivity contribution in [1.82, 2.24) is 9.88 Å². The number of nitrogens with one attached hydrogen (secondary N) is 1. The van der Waals surface area contributed by atoms with E-state index >= 15 is 4.39 Å². The summed E-state index contributed by atoms with van der Waals surface area (Å²) >= 11 is 0. The number of hydrogen-bond donors (Lipinski definition) is 2. The van der Waals surface area contributed by atoms with Crippen molar-refractivity contribution in [3.8, 4) is 22.8 Å². The Morgan fingerprint density at radius 3 is 2.42 bits per heavy atom. The molecule has 0 saturated carbocycles. The fourth-order valence-electron chi connectivity index (χ4n) is 4.29. The average Bonchev–Trinajstić information content (AvgIpc) is 3.08. The number of aromatic nitrogens is 1. The summed E-state index contributed by atoms with van der Waals surface area (Å²) in [6.07, 6.45) is 2.12. The zero-order chi connectivity index (χ0) is 23.4. The predicted octanol–water partition coefficient (Wildman–Crippen LogP) is 6.06. The maximum Gasteiger partial charge on any atom is 0.156 e. The quantitative estimate of drug-likeness (QED) is 0.307. The molecule has 2 N–H and O–H groups in total. The number of phenolic OH excluding ortho intramolecular Hbond substituents is 1. The number of nitrogens with zero attached hydrogens (tertiary/aromatic N) is 1. The molecule has 0 bridgehead atoms. The van der Waals surface area contributed by atoms with Crippen LogP contribution >= 0.6 is 0 Å². The molecule has 0 radical (unpaired) electrons. The van der Waals surface area contributed by atoms with Crippen LogP contribution in [0.2, 0.25) is 0 Å². The van der Waals surface area contributed by atoms with Crippen LogP contribution in [0.15, 0.2) is 60.7 Å². The lowest BCUT2D eigenvalue weighted by atomic mass is 10.0. The van der Waals surface area contributed by atoms with E-state index in [-0.39, 0.29) is 11.6 Å². The van der Waals surface area contributed by atoms with Gasteiger partial charge in [0, 0.05) is 17.5 Å². The Labute approximate surface area is 194 Å². The second-order valence-electron chi connectivity index (χ2n) is 8.45. The zero-order valence-electron chi connectivity index (χ0n) is 19.5. The highest BCUT2D eigenvalue weighted by Crippen LogP contribution is 2.37. The molecular formula is C28H31FN2O2. The highest BCUT2D eigenvalue weighted by molar-refractivity contribution is 5.90. The summed E-state index contributed by atoms with van der Waals surface area (Å²) in [7, 11) is 1.62. The summed E-state index contributed by atoms with van der Waals surface area (Å²) in [5, 5.41) is 13.8. The predicted molar refractivity (Wildman–Crippen MR) is 133 cm³/mol. The van der Waals surface area contributed by atoms with Gasteiger partial charge in [-0.25, -0.2) is 4.39 Å². The van der Waals surface area contributed by atoms with Gasteiger partial charge in [0.05, 0.1) is 18.3 Å². The number of aromatic hydroxyl groups is 1. The SMILES string of the molecule is CCCNCCc1ccc(Cn2c(-c3ccc(OC)cc3C)c(F)c3cc(O)ccc32)cc1. The minimum atomic E-state index is -0.326. The molecule has 0 aliphatic rings. The van der Waals surface area contributed by atoms with Gasteiger partial charge >= 0.3 is 0 Å². The molecule has 0 fully saturated rings. The van der Waals surface area contributed by atoms with E-state index in [2.05, 4.69) is 36.5 Å². The number of methoxy groups -OCH3 is 1. The molecule has 0 spiro atoms. The Balaban J connectivity index is 1.72. The first-order chi connectivity index (χ1) is 16.0. The lowest BCUT2D eigenvalue weighted by molar-refractivity contribution is 0.414. The molecule has 1 aromatic heterocycles. The monoisotopic (exact) mass is 446 g/mol. The van der Waals surface area contributed by atoms with Crippen LogP contribution < -0.4 is 10.1 Å². The fourth-order valence-corrected chi connectivity index (χ4v) is 4.29. The van der Waals surface area contributed by atoms with Gasteiger partial charge in [-0.3, -0.25) is 0 Å². The summed E-state index contributed by atoms with van der Waals surface area (Å²) in [5.74, 6) is 0.464. The third-order valence-corrected chi connectivity index (χ3v) is 6.05. The molecule has 0 aliphatic heterocycles. The van der Waals surface area contributed by atoms with E-state index in [4.69, 9.17) is 4.74 Å². The summed E-state index contributed by atoms with van der Waals surface area (Å²) in [6.45, 7) is 6.65. The van der Waals surface area contributed by atoms with Crippen molar-refractivity contribution in [2.75, 3.05) is 20.2 Å². The molecule has 33 heavy (non-hydrogen) atoms. The normalized spacial score (nSPS) is 11.3. The van der Waals surface area contributed by atoms with Gasteiger partial charge in [-0.1, -0.05) is 31.2 Å². The molecule has 5 heteroatoms. The van der Waals surface area contributed by atoms with Gasteiger partial charge < -0.3 is 19.7 Å². The minimum absolute atomic E-state index is 0.0533. The fraction of sp³-hybridized carbons (Fsp3) is 0.286. The molecule has 0 aliphatic carbocycles. The van der Waals surface area contributed by atoms with Crippen LogP contribution in [0.5, 0.6) is 11.5 Å². The molecule has 172 valence electrons. The van der Waals surface area contributed by atoms with E-state index in [1.54, 1.807) is 19.2 Å². The van der Waals surface area contributed by atoms with E-state index in [9.17, 15) is 5.11 Å². The zero-order valence-corrected chi connectivity index (χ0v) is 19.5. The topological polar surface area (TPSA) is 46.4 Å². The van der Waals surface area contributed by atoms with Crippen molar-refractivity contribution < 1.29 is 14.2 Å². The van der Waals surface area contributed by atoms with Gasteiger partial charge in [-0.05, 0) is 85.9 Å². The van der Waals surface area contributed by atoms with E-state index in [0.29, 0.717) is 17.6 Å². The van der Waals surface area contributed by atoms with E-state index in [1.807, 2.05) is 29.7 Å². The Morgan fingerprint density at radius 2 is 1.73 bits per heavy atom. The second kappa shape index (κ2) is 10.1. The lowest BCUT2D eigenvalue weighted by Gasteiger charge is -2.14. The molecule has 4 rings (SSSR count).